The molecule has 0 bridgehead atoms. The van der Waals surface area contributed by atoms with Crippen LogP contribution in [-0.2, 0) is 56.0 Å². The highest BCUT2D eigenvalue weighted by Crippen LogP contribution is 2.25. The van der Waals surface area contributed by atoms with Crippen LogP contribution in [0.5, 0.6) is 0 Å². The third-order valence-corrected chi connectivity index (χ3v) is 13.5. The lowest BCUT2D eigenvalue weighted by Crippen LogP contribution is -2.65. The first-order valence-electron chi connectivity index (χ1n) is 24.4. The molecule has 0 spiro atoms. The summed E-state index contributed by atoms with van der Waals surface area (Å²) in [5.74, 6) is -5.62. The number of nitrogens with zero attached hydrogens (tertiary/aromatic N) is 2. The van der Waals surface area contributed by atoms with Crippen molar-refractivity contribution in [2.24, 2.45) is 5.73 Å². The van der Waals surface area contributed by atoms with Crippen LogP contribution < -0.4 is 37.6 Å². The monoisotopic (exact) mass is 960 g/mol. The Balaban J connectivity index is 1.20. The fourth-order valence-corrected chi connectivity index (χ4v) is 9.61. The summed E-state index contributed by atoms with van der Waals surface area (Å²) in [6, 6.07) is 12.8. The third kappa shape index (κ3) is 12.5. The van der Waals surface area contributed by atoms with E-state index in [1.54, 1.807) is 6.20 Å². The van der Waals surface area contributed by atoms with Gasteiger partial charge in [-0.05, 0) is 72.9 Å². The van der Waals surface area contributed by atoms with Crippen LogP contribution in [0, 0.1) is 0 Å². The minimum Gasteiger partial charge on any atom is -0.368 e. The highest BCUT2D eigenvalue weighted by Gasteiger charge is 2.44. The Hall–Kier alpha value is -7.31. The first-order valence-corrected chi connectivity index (χ1v) is 24.4. The molecule has 0 radical (unpaired) electrons. The number of aromatic nitrogens is 1. The normalized spacial score (nSPS) is 23.7. The molecule has 9 amide bonds. The molecule has 0 saturated carbocycles. The zero-order valence-electron chi connectivity index (χ0n) is 39.7. The average Bonchev–Trinajstić information content (AvgIpc) is 3.98. The van der Waals surface area contributed by atoms with Gasteiger partial charge in [-0.3, -0.25) is 43.2 Å². The quantitative estimate of drug-likeness (QED) is 0.108. The van der Waals surface area contributed by atoms with Gasteiger partial charge in [0.25, 0.3) is 0 Å². The lowest BCUT2D eigenvalue weighted by atomic mass is 9.95. The van der Waals surface area contributed by atoms with Crippen LogP contribution in [0.15, 0.2) is 72.9 Å². The summed E-state index contributed by atoms with van der Waals surface area (Å²) in [5.41, 5.74) is 8.06. The van der Waals surface area contributed by atoms with E-state index in [1.807, 2.05) is 73.7 Å². The number of primary amides is 1. The number of H-pyrrole nitrogens is 1. The van der Waals surface area contributed by atoms with Gasteiger partial charge in [-0.15, -0.1) is 0 Å². The Morgan fingerprint density at radius 2 is 1.47 bits per heavy atom. The van der Waals surface area contributed by atoms with Gasteiger partial charge >= 0.3 is 0 Å². The maximum Gasteiger partial charge on any atom is 0.246 e. The lowest BCUT2D eigenvalue weighted by molar-refractivity contribution is -0.151. The van der Waals surface area contributed by atoms with E-state index >= 15 is 0 Å². The minimum absolute atomic E-state index is 0.0299. The molecule has 7 atom stereocenters. The van der Waals surface area contributed by atoms with Gasteiger partial charge < -0.3 is 52.4 Å². The number of fused-ring (bicyclic) bond motifs is 4. The van der Waals surface area contributed by atoms with E-state index in [2.05, 4.69) is 36.9 Å². The molecule has 19 nitrogen and oxygen atoms in total. The van der Waals surface area contributed by atoms with E-state index in [0.717, 1.165) is 39.2 Å². The van der Waals surface area contributed by atoms with E-state index in [9.17, 15) is 43.2 Å². The van der Waals surface area contributed by atoms with Crippen LogP contribution in [0.3, 0.4) is 0 Å². The molecular weight excluding hydrogens is 897 g/mol. The number of unbranched alkanes of at least 4 members (excludes halogenated alkanes) is 1. The number of carbonyl (C=O) groups is 9. The highest BCUT2D eigenvalue weighted by molar-refractivity contribution is 6.00. The summed E-state index contributed by atoms with van der Waals surface area (Å²) in [4.78, 5) is 130. The molecule has 70 heavy (non-hydrogen) atoms. The summed E-state index contributed by atoms with van der Waals surface area (Å²) in [5, 5.41) is 19.3. The Kier molecular flexibility index (Phi) is 16.9. The topological polar surface area (TPSA) is 274 Å². The standard InChI is InChI=1S/C51H64N10O9/c1-3-4-15-38(55-30(2)62)46(65)58-41-28-44(63)53-22-10-9-17-37(45(52)64)56-47(66)39(27-34-29-54-36-16-8-7-14-35(34)36)57-49(68)43-21-24-61(43)50(69)40(59-48(67)42-18-11-23-60(42)51(41)70)26-31-19-20-32-12-5-6-13-33(32)25-31/h5-8,12-14,16,19-20,25,29,37-43,54H,3-4,9-11,15,17-18,21-24,26-28H2,1-2H3,(H2,52,64)(H,53,63)(H,55,62)(H,56,66)(H,57,68)(H,58,65)(H,59,67)/t37-,38-,39-,40+,41-,42-,43-/m0/s1. The lowest BCUT2D eigenvalue weighted by Gasteiger charge is -2.42. The van der Waals surface area contributed by atoms with Crippen molar-refractivity contribution in [2.45, 2.75) is 133 Å². The van der Waals surface area contributed by atoms with Gasteiger partial charge in [0.15, 0.2) is 0 Å². The maximum atomic E-state index is 14.8. The molecule has 19 heteroatoms. The van der Waals surface area contributed by atoms with E-state index < -0.39 is 102 Å². The number of rotatable bonds is 11. The van der Waals surface area contributed by atoms with Crippen molar-refractivity contribution in [1.82, 2.24) is 46.7 Å². The number of benzene rings is 3. The third-order valence-electron chi connectivity index (χ3n) is 13.5. The fourth-order valence-electron chi connectivity index (χ4n) is 9.61. The van der Waals surface area contributed by atoms with Crippen LogP contribution in [0.1, 0.15) is 89.2 Å². The molecule has 4 heterocycles. The van der Waals surface area contributed by atoms with Gasteiger partial charge in [-0.25, -0.2) is 0 Å². The predicted molar refractivity (Wildman–Crippen MR) is 260 cm³/mol. The Morgan fingerprint density at radius 3 is 2.20 bits per heavy atom. The zero-order chi connectivity index (χ0) is 49.9. The second-order valence-corrected chi connectivity index (χ2v) is 18.6. The zero-order valence-corrected chi connectivity index (χ0v) is 39.7. The number of hydrogen-bond acceptors (Lipinski definition) is 9. The van der Waals surface area contributed by atoms with Crippen LogP contribution in [0.25, 0.3) is 21.7 Å². The number of nitrogens with one attached hydrogen (secondary N) is 7. The van der Waals surface area contributed by atoms with E-state index in [-0.39, 0.29) is 58.2 Å². The maximum absolute atomic E-state index is 14.8. The molecule has 7 rings (SSSR count). The van der Waals surface area contributed by atoms with Gasteiger partial charge in [-0.1, -0.05) is 80.4 Å². The summed E-state index contributed by atoms with van der Waals surface area (Å²) >= 11 is 0. The number of nitrogens with two attached hydrogens (primary N) is 1. The van der Waals surface area contributed by atoms with Crippen LogP contribution in [0.2, 0.25) is 0 Å². The minimum atomic E-state index is -1.43. The molecule has 3 fully saturated rings. The van der Waals surface area contributed by atoms with Gasteiger partial charge in [0.05, 0.1) is 6.42 Å². The van der Waals surface area contributed by atoms with Gasteiger partial charge in [0, 0.05) is 56.5 Å². The average molecular weight is 961 g/mol. The Morgan fingerprint density at radius 1 is 0.757 bits per heavy atom. The number of amides is 9. The Bertz CT molecular complexity index is 2620. The van der Waals surface area contributed by atoms with Crippen LogP contribution in [0.4, 0.5) is 0 Å². The second-order valence-electron chi connectivity index (χ2n) is 18.6. The molecule has 1 aromatic heterocycles. The predicted octanol–water partition coefficient (Wildman–Crippen LogP) is 1.51. The summed E-state index contributed by atoms with van der Waals surface area (Å²) in [6.45, 7) is 3.62. The number of hydrogen-bond donors (Lipinski definition) is 8. The molecule has 4 aromatic rings. The van der Waals surface area contributed by atoms with Crippen molar-refractivity contribution in [3.63, 3.8) is 0 Å². The Labute approximate surface area is 406 Å². The van der Waals surface area contributed by atoms with E-state index in [0.29, 0.717) is 25.7 Å². The van der Waals surface area contributed by atoms with Crippen LogP contribution in [-0.4, -0.2) is 130 Å². The summed E-state index contributed by atoms with van der Waals surface area (Å²) < 4.78 is 0. The molecule has 3 aliphatic heterocycles. The number of carbonyl (C=O) groups excluding carboxylic acids is 9. The van der Waals surface area contributed by atoms with Crippen LogP contribution >= 0.6 is 0 Å². The summed E-state index contributed by atoms with van der Waals surface area (Å²) in [7, 11) is 0. The fraction of sp³-hybridized carbons (Fsp3) is 0.471. The number of aromatic amines is 1. The highest BCUT2D eigenvalue weighted by atomic mass is 16.2. The van der Waals surface area contributed by atoms with Gasteiger partial charge in [0.1, 0.15) is 42.3 Å². The van der Waals surface area contributed by atoms with Crippen molar-refractivity contribution < 1.29 is 43.2 Å². The molecule has 9 N–H and O–H groups in total. The first kappa shape index (κ1) is 50.6. The van der Waals surface area contributed by atoms with Crippen molar-refractivity contribution in [2.75, 3.05) is 19.6 Å². The largest absolute Gasteiger partial charge is 0.368 e. The van der Waals surface area contributed by atoms with Gasteiger partial charge in [0.2, 0.25) is 53.2 Å². The van der Waals surface area contributed by atoms with Gasteiger partial charge in [-0.2, -0.15) is 0 Å². The molecular formula is C51H64N10O9. The summed E-state index contributed by atoms with van der Waals surface area (Å²) in [6.07, 6.45) is 4.62. The van der Waals surface area contributed by atoms with Crippen molar-refractivity contribution >= 4 is 74.8 Å². The SMILES string of the molecule is CCCC[C@H](NC(C)=O)C(=O)N[C@H]1CC(=O)NCCCC[C@@H](C(N)=O)NC(=O)[C@H](Cc2c[nH]c3ccccc23)NC(=O)[C@@H]2CCN2C(=O)[C@@H](Cc2ccc3ccccc3c2)NC(=O)[C@@H]2CCCN2C1=O. The molecule has 3 aliphatic rings. The molecule has 0 aliphatic carbocycles. The van der Waals surface area contributed by atoms with E-state index in [4.69, 9.17) is 5.73 Å². The van der Waals surface area contributed by atoms with Crippen molar-refractivity contribution in [3.8, 4) is 0 Å². The number of para-hydroxylation sites is 1. The van der Waals surface area contributed by atoms with Crippen molar-refractivity contribution in [3.05, 3.63) is 84.1 Å². The smallest absolute Gasteiger partial charge is 0.246 e. The second kappa shape index (κ2) is 23.3. The molecule has 0 unspecified atom stereocenters. The molecule has 372 valence electrons. The van der Waals surface area contributed by atoms with Crippen molar-refractivity contribution in [1.29, 1.82) is 0 Å². The molecule has 3 aromatic carbocycles. The first-order chi connectivity index (χ1) is 33.7. The van der Waals surface area contributed by atoms with E-state index in [1.165, 1.54) is 16.7 Å². The molecule has 3 saturated heterocycles.